The number of carboxylic acid groups (broad SMARTS) is 1. The summed E-state index contributed by atoms with van der Waals surface area (Å²) in [5.74, 6) is -0.826. The number of aliphatic carboxylic acids is 1. The Labute approximate surface area is 116 Å². The first-order chi connectivity index (χ1) is 9.43. The van der Waals surface area contributed by atoms with Gasteiger partial charge in [0.2, 0.25) is 0 Å². The lowest BCUT2D eigenvalue weighted by Crippen LogP contribution is -2.40. The molecule has 7 heteroatoms. The van der Waals surface area contributed by atoms with Gasteiger partial charge in [-0.15, -0.1) is 0 Å². The molecule has 0 bridgehead atoms. The predicted molar refractivity (Wildman–Crippen MR) is 71.7 cm³/mol. The Morgan fingerprint density at radius 3 is 2.50 bits per heavy atom. The quantitative estimate of drug-likeness (QED) is 0.893. The minimum Gasteiger partial charge on any atom is -0.480 e. The molecule has 1 unspecified atom stereocenters. The van der Waals surface area contributed by atoms with E-state index in [-0.39, 0.29) is 5.91 Å². The molecule has 2 heterocycles. The van der Waals surface area contributed by atoms with Gasteiger partial charge in [0.15, 0.2) is 0 Å². The van der Waals surface area contributed by atoms with Crippen molar-refractivity contribution in [3.63, 3.8) is 0 Å². The largest absolute Gasteiger partial charge is 0.480 e. The number of hydrogen-bond donors (Lipinski definition) is 1. The third-order valence-corrected chi connectivity index (χ3v) is 3.25. The van der Waals surface area contributed by atoms with Crippen molar-refractivity contribution in [2.75, 3.05) is 7.05 Å². The number of amides is 1. The average Bonchev–Trinajstić information content (AvgIpc) is 3.04. The zero-order valence-corrected chi connectivity index (χ0v) is 11.5. The van der Waals surface area contributed by atoms with Crippen molar-refractivity contribution in [1.29, 1.82) is 0 Å². The van der Waals surface area contributed by atoms with E-state index in [4.69, 9.17) is 5.11 Å². The Morgan fingerprint density at radius 2 is 1.95 bits per heavy atom. The van der Waals surface area contributed by atoms with Crippen LogP contribution in [0.2, 0.25) is 0 Å². The lowest BCUT2D eigenvalue weighted by molar-refractivity contribution is -0.141. The number of carbonyl (C=O) groups is 2. The van der Waals surface area contributed by atoms with E-state index in [1.807, 2.05) is 12.1 Å². The maximum absolute atomic E-state index is 12.4. The molecular formula is C13H16N4O3. The van der Waals surface area contributed by atoms with Crippen molar-refractivity contribution in [1.82, 2.24) is 19.2 Å². The second-order valence-corrected chi connectivity index (χ2v) is 4.53. The van der Waals surface area contributed by atoms with Gasteiger partial charge >= 0.3 is 5.97 Å². The van der Waals surface area contributed by atoms with Crippen LogP contribution in [-0.2, 0) is 11.8 Å². The minimum absolute atomic E-state index is 0.360. The minimum atomic E-state index is -1.05. The van der Waals surface area contributed by atoms with Crippen molar-refractivity contribution in [3.05, 3.63) is 36.3 Å². The Balaban J connectivity index is 2.39. The molecule has 2 rings (SSSR count). The third-order valence-electron chi connectivity index (χ3n) is 3.25. The van der Waals surface area contributed by atoms with Crippen molar-refractivity contribution in [3.8, 4) is 5.82 Å². The summed E-state index contributed by atoms with van der Waals surface area (Å²) in [6.45, 7) is 1.46. The summed E-state index contributed by atoms with van der Waals surface area (Å²) >= 11 is 0. The molecular weight excluding hydrogens is 260 g/mol. The molecule has 0 saturated carbocycles. The molecule has 106 valence electrons. The van der Waals surface area contributed by atoms with Gasteiger partial charge in [-0.05, 0) is 19.1 Å². The zero-order valence-electron chi connectivity index (χ0n) is 11.5. The highest BCUT2D eigenvalue weighted by Gasteiger charge is 2.26. The van der Waals surface area contributed by atoms with Crippen molar-refractivity contribution < 1.29 is 14.7 Å². The zero-order chi connectivity index (χ0) is 14.9. The Morgan fingerprint density at radius 1 is 1.35 bits per heavy atom. The van der Waals surface area contributed by atoms with Crippen LogP contribution in [0, 0.1) is 0 Å². The fourth-order valence-electron chi connectivity index (χ4n) is 1.90. The van der Waals surface area contributed by atoms with Crippen LogP contribution in [0.15, 0.2) is 30.7 Å². The first kappa shape index (κ1) is 13.9. The number of aromatic nitrogens is 3. The van der Waals surface area contributed by atoms with Gasteiger partial charge in [-0.1, -0.05) is 0 Å². The van der Waals surface area contributed by atoms with E-state index in [2.05, 4.69) is 5.10 Å². The van der Waals surface area contributed by atoms with Gasteiger partial charge in [-0.2, -0.15) is 5.10 Å². The van der Waals surface area contributed by atoms with Crippen LogP contribution < -0.4 is 0 Å². The summed E-state index contributed by atoms with van der Waals surface area (Å²) in [4.78, 5) is 24.6. The summed E-state index contributed by atoms with van der Waals surface area (Å²) in [6.07, 6.45) is 5.05. The van der Waals surface area contributed by atoms with Crippen molar-refractivity contribution in [2.45, 2.75) is 13.0 Å². The molecule has 0 aromatic carbocycles. The van der Waals surface area contributed by atoms with Crippen LogP contribution in [0.4, 0.5) is 0 Å². The summed E-state index contributed by atoms with van der Waals surface area (Å²) in [5.41, 5.74) is 0.360. The van der Waals surface area contributed by atoms with Gasteiger partial charge in [0, 0.05) is 26.5 Å². The maximum Gasteiger partial charge on any atom is 0.326 e. The molecule has 20 heavy (non-hydrogen) atoms. The van der Waals surface area contributed by atoms with E-state index in [0.29, 0.717) is 11.4 Å². The van der Waals surface area contributed by atoms with Crippen LogP contribution in [0.3, 0.4) is 0 Å². The van der Waals surface area contributed by atoms with E-state index in [0.717, 1.165) is 0 Å². The number of rotatable bonds is 4. The molecule has 2 aromatic rings. The number of likely N-dealkylation sites (N-methyl/N-ethyl adjacent to an activating group) is 1. The first-order valence-corrected chi connectivity index (χ1v) is 6.08. The second-order valence-electron chi connectivity index (χ2n) is 4.53. The number of carbonyl (C=O) groups excluding carboxylic acids is 1. The summed E-state index contributed by atoms with van der Waals surface area (Å²) in [5, 5.41) is 13.1. The van der Waals surface area contributed by atoms with Gasteiger partial charge in [-0.3, -0.25) is 9.48 Å². The molecule has 1 amide bonds. The summed E-state index contributed by atoms with van der Waals surface area (Å²) in [6, 6.07) is 2.77. The van der Waals surface area contributed by atoms with Crippen LogP contribution in [0.5, 0.6) is 0 Å². The molecule has 0 aliphatic rings. The molecule has 0 saturated heterocycles. The predicted octanol–water partition coefficient (Wildman–Crippen LogP) is 0.756. The van der Waals surface area contributed by atoms with Gasteiger partial charge < -0.3 is 14.6 Å². The fraction of sp³-hybridized carbons (Fsp3) is 0.308. The average molecular weight is 276 g/mol. The van der Waals surface area contributed by atoms with E-state index in [9.17, 15) is 9.59 Å². The smallest absolute Gasteiger partial charge is 0.326 e. The van der Waals surface area contributed by atoms with Crippen LogP contribution in [0.25, 0.3) is 5.82 Å². The van der Waals surface area contributed by atoms with E-state index in [1.54, 1.807) is 28.7 Å². The number of carboxylic acids is 1. The monoisotopic (exact) mass is 276 g/mol. The van der Waals surface area contributed by atoms with Crippen molar-refractivity contribution >= 4 is 11.9 Å². The Bertz CT molecular complexity index is 630. The lowest BCUT2D eigenvalue weighted by atomic mass is 10.2. The van der Waals surface area contributed by atoms with Gasteiger partial charge in [0.25, 0.3) is 5.91 Å². The van der Waals surface area contributed by atoms with Gasteiger partial charge in [0.1, 0.15) is 17.4 Å². The Kier molecular flexibility index (Phi) is 3.60. The highest BCUT2D eigenvalue weighted by molar-refractivity contribution is 5.98. The first-order valence-electron chi connectivity index (χ1n) is 6.08. The maximum atomic E-state index is 12.4. The van der Waals surface area contributed by atoms with Crippen LogP contribution >= 0.6 is 0 Å². The number of nitrogens with zero attached hydrogens (tertiary/aromatic N) is 4. The molecule has 0 aliphatic heterocycles. The molecule has 0 aliphatic carbocycles. The second kappa shape index (κ2) is 5.20. The lowest BCUT2D eigenvalue weighted by Gasteiger charge is -2.21. The van der Waals surface area contributed by atoms with Gasteiger partial charge in [-0.25, -0.2) is 4.79 Å². The van der Waals surface area contributed by atoms with E-state index >= 15 is 0 Å². The van der Waals surface area contributed by atoms with Crippen LogP contribution in [0.1, 0.15) is 17.3 Å². The topological polar surface area (TPSA) is 80.4 Å². The third kappa shape index (κ3) is 2.29. The molecule has 1 atom stereocenters. The number of aryl methyl sites for hydroxylation is 1. The fourth-order valence-corrected chi connectivity index (χ4v) is 1.90. The number of hydrogen-bond acceptors (Lipinski definition) is 3. The standard InChI is InChI=1S/C13H16N4O3/c1-9(13(19)20)15(2)12(18)10-8-14-16(3)11(10)17-6-4-5-7-17/h4-9H,1-3H3,(H,19,20). The van der Waals surface area contributed by atoms with Crippen LogP contribution in [-0.4, -0.2) is 49.3 Å². The molecule has 0 spiro atoms. The molecule has 7 nitrogen and oxygen atoms in total. The summed E-state index contributed by atoms with van der Waals surface area (Å²) in [7, 11) is 3.19. The van der Waals surface area contributed by atoms with Crippen molar-refractivity contribution in [2.24, 2.45) is 7.05 Å². The summed E-state index contributed by atoms with van der Waals surface area (Å²) < 4.78 is 3.34. The van der Waals surface area contributed by atoms with E-state index < -0.39 is 12.0 Å². The molecule has 2 aromatic heterocycles. The SMILES string of the molecule is CC(C(=O)O)N(C)C(=O)c1cnn(C)c1-n1cccc1. The molecule has 0 radical (unpaired) electrons. The molecule has 1 N–H and O–H groups in total. The highest BCUT2D eigenvalue weighted by atomic mass is 16.4. The van der Waals surface area contributed by atoms with E-state index in [1.165, 1.54) is 25.1 Å². The molecule has 0 fully saturated rings. The van der Waals surface area contributed by atoms with Gasteiger partial charge in [0.05, 0.1) is 6.20 Å². The Hall–Kier alpha value is -2.57. The highest BCUT2D eigenvalue weighted by Crippen LogP contribution is 2.16. The normalized spacial score (nSPS) is 12.2.